The first-order valence-corrected chi connectivity index (χ1v) is 9.57. The zero-order valence-corrected chi connectivity index (χ0v) is 16.5. The molecule has 3 rings (SSSR count). The molecule has 1 heterocycles. The van der Waals surface area contributed by atoms with E-state index < -0.39 is 11.7 Å². The van der Waals surface area contributed by atoms with Crippen LogP contribution in [0.4, 0.5) is 13.2 Å². The van der Waals surface area contributed by atoms with Crippen LogP contribution >= 0.6 is 11.6 Å². The van der Waals surface area contributed by atoms with Gasteiger partial charge in [-0.3, -0.25) is 4.79 Å². The van der Waals surface area contributed by atoms with Gasteiger partial charge in [0.05, 0.1) is 17.8 Å². The second-order valence-corrected chi connectivity index (χ2v) is 7.18. The number of rotatable bonds is 6. The van der Waals surface area contributed by atoms with Gasteiger partial charge in [-0.1, -0.05) is 54.0 Å². The Hall–Kier alpha value is -2.54. The minimum absolute atomic E-state index is 0.111. The molecule has 0 saturated heterocycles. The molecule has 0 radical (unpaired) electrons. The number of halogens is 4. The Morgan fingerprint density at radius 2 is 1.90 bits per heavy atom. The normalized spacial score (nSPS) is 16.3. The van der Waals surface area contributed by atoms with Gasteiger partial charge >= 0.3 is 6.18 Å². The molecular formula is C21H20ClF3N2O2. The van der Waals surface area contributed by atoms with Gasteiger partial charge in [-0.2, -0.15) is 13.2 Å². The second kappa shape index (κ2) is 8.86. The summed E-state index contributed by atoms with van der Waals surface area (Å²) in [7, 11) is 0. The topological polar surface area (TPSA) is 41.9 Å². The predicted molar refractivity (Wildman–Crippen MR) is 105 cm³/mol. The second-order valence-electron chi connectivity index (χ2n) is 6.77. The third-order valence-electron chi connectivity index (χ3n) is 4.65. The lowest BCUT2D eigenvalue weighted by molar-refractivity contribution is -0.137. The van der Waals surface area contributed by atoms with E-state index in [-0.39, 0.29) is 31.5 Å². The lowest BCUT2D eigenvalue weighted by Crippen LogP contribution is -2.36. The molecule has 0 spiro atoms. The molecule has 1 aliphatic heterocycles. The van der Waals surface area contributed by atoms with E-state index in [9.17, 15) is 18.0 Å². The van der Waals surface area contributed by atoms with Crippen LogP contribution in [0.2, 0.25) is 5.02 Å². The first-order chi connectivity index (χ1) is 13.8. The van der Waals surface area contributed by atoms with Gasteiger partial charge in [0.25, 0.3) is 0 Å². The SMILES string of the molecule is CCC(=O)N(Cc1ccc(C(F)(F)F)cc1)C[C@H]1CC(c2ccccc2Cl)=NO1. The Balaban J connectivity index is 1.66. The molecule has 1 aliphatic rings. The molecule has 2 aromatic rings. The van der Waals surface area contributed by atoms with Crippen LogP contribution in [-0.4, -0.2) is 29.2 Å². The quantitative estimate of drug-likeness (QED) is 0.632. The maximum Gasteiger partial charge on any atom is 0.416 e. The van der Waals surface area contributed by atoms with E-state index in [1.54, 1.807) is 17.9 Å². The van der Waals surface area contributed by atoms with Gasteiger partial charge in [0.2, 0.25) is 5.91 Å². The highest BCUT2D eigenvalue weighted by atomic mass is 35.5. The van der Waals surface area contributed by atoms with E-state index in [0.717, 1.165) is 17.7 Å². The van der Waals surface area contributed by atoms with Crippen LogP contribution in [0.1, 0.15) is 36.5 Å². The van der Waals surface area contributed by atoms with E-state index in [4.69, 9.17) is 16.4 Å². The monoisotopic (exact) mass is 424 g/mol. The Morgan fingerprint density at radius 3 is 2.52 bits per heavy atom. The molecule has 0 saturated carbocycles. The zero-order valence-electron chi connectivity index (χ0n) is 15.7. The molecule has 0 N–H and O–H groups in total. The highest BCUT2D eigenvalue weighted by molar-refractivity contribution is 6.34. The molecule has 1 atom stereocenters. The van der Waals surface area contributed by atoms with E-state index >= 15 is 0 Å². The molecule has 2 aromatic carbocycles. The Labute approximate surface area is 171 Å². The van der Waals surface area contributed by atoms with Crippen LogP contribution in [0.25, 0.3) is 0 Å². The number of nitrogens with zero attached hydrogens (tertiary/aromatic N) is 2. The van der Waals surface area contributed by atoms with Crippen LogP contribution in [0.3, 0.4) is 0 Å². The summed E-state index contributed by atoms with van der Waals surface area (Å²) in [5.41, 5.74) is 1.39. The molecule has 8 heteroatoms. The van der Waals surface area contributed by atoms with Gasteiger partial charge in [0, 0.05) is 30.0 Å². The number of amides is 1. The zero-order chi connectivity index (χ0) is 21.0. The van der Waals surface area contributed by atoms with Gasteiger partial charge < -0.3 is 9.74 Å². The highest BCUT2D eigenvalue weighted by Crippen LogP contribution is 2.29. The fourth-order valence-corrected chi connectivity index (χ4v) is 3.37. The van der Waals surface area contributed by atoms with Crippen molar-refractivity contribution in [1.82, 2.24) is 4.90 Å². The van der Waals surface area contributed by atoms with Crippen molar-refractivity contribution in [2.24, 2.45) is 5.16 Å². The lowest BCUT2D eigenvalue weighted by atomic mass is 10.0. The van der Waals surface area contributed by atoms with E-state index in [2.05, 4.69) is 5.16 Å². The summed E-state index contributed by atoms with van der Waals surface area (Å²) in [6.45, 7) is 2.22. The molecule has 29 heavy (non-hydrogen) atoms. The maximum atomic E-state index is 12.7. The third kappa shape index (κ3) is 5.29. The molecular weight excluding hydrogens is 405 g/mol. The average Bonchev–Trinajstić information content (AvgIpc) is 3.15. The Kier molecular flexibility index (Phi) is 6.47. The molecule has 0 aliphatic carbocycles. The standard InChI is InChI=1S/C21H20ClF3N2O2/c1-2-20(28)27(12-14-7-9-15(10-8-14)21(23,24)25)13-16-11-19(26-29-16)17-5-3-4-6-18(17)22/h3-10,16H,2,11-13H2,1H3/t16-/m1/s1. The minimum Gasteiger partial charge on any atom is -0.390 e. The van der Waals surface area contributed by atoms with Gasteiger partial charge in [-0.05, 0) is 23.8 Å². The molecule has 4 nitrogen and oxygen atoms in total. The van der Waals surface area contributed by atoms with Gasteiger partial charge in [0.1, 0.15) is 0 Å². The molecule has 1 amide bonds. The number of alkyl halides is 3. The highest BCUT2D eigenvalue weighted by Gasteiger charge is 2.30. The van der Waals surface area contributed by atoms with E-state index in [0.29, 0.717) is 22.7 Å². The van der Waals surface area contributed by atoms with Crippen LogP contribution < -0.4 is 0 Å². The smallest absolute Gasteiger partial charge is 0.390 e. The Bertz CT molecular complexity index is 898. The molecule has 154 valence electrons. The maximum absolute atomic E-state index is 12.7. The van der Waals surface area contributed by atoms with Crippen molar-refractivity contribution in [3.63, 3.8) is 0 Å². The number of hydrogen-bond donors (Lipinski definition) is 0. The van der Waals surface area contributed by atoms with Crippen molar-refractivity contribution in [3.8, 4) is 0 Å². The van der Waals surface area contributed by atoms with Gasteiger partial charge in [-0.15, -0.1) is 0 Å². The summed E-state index contributed by atoms with van der Waals surface area (Å²) in [5, 5.41) is 4.67. The van der Waals surface area contributed by atoms with E-state index in [1.807, 2.05) is 18.2 Å². The first kappa shape index (κ1) is 21.2. The average molecular weight is 425 g/mol. The fraction of sp³-hybridized carbons (Fsp3) is 0.333. The van der Waals surface area contributed by atoms with Crippen molar-refractivity contribution in [1.29, 1.82) is 0 Å². The third-order valence-corrected chi connectivity index (χ3v) is 4.98. The largest absolute Gasteiger partial charge is 0.416 e. The van der Waals surface area contributed by atoms with E-state index in [1.165, 1.54) is 12.1 Å². The number of oxime groups is 1. The summed E-state index contributed by atoms with van der Waals surface area (Å²) >= 11 is 6.20. The summed E-state index contributed by atoms with van der Waals surface area (Å²) in [5.74, 6) is -0.111. The summed E-state index contributed by atoms with van der Waals surface area (Å²) < 4.78 is 38.2. The molecule has 0 aromatic heterocycles. The predicted octanol–water partition coefficient (Wildman–Crippen LogP) is 5.29. The number of hydrogen-bond acceptors (Lipinski definition) is 3. The number of benzene rings is 2. The van der Waals surface area contributed by atoms with Crippen LogP contribution in [0, 0.1) is 0 Å². The summed E-state index contributed by atoms with van der Waals surface area (Å²) in [4.78, 5) is 19.4. The van der Waals surface area contributed by atoms with Crippen molar-refractivity contribution in [2.45, 2.75) is 38.6 Å². The van der Waals surface area contributed by atoms with Crippen LogP contribution in [-0.2, 0) is 22.4 Å². The Morgan fingerprint density at radius 1 is 1.21 bits per heavy atom. The number of carbonyl (C=O) groups excluding carboxylic acids is 1. The lowest BCUT2D eigenvalue weighted by Gasteiger charge is -2.24. The van der Waals surface area contributed by atoms with Crippen molar-refractivity contribution in [2.75, 3.05) is 6.54 Å². The molecule has 0 fully saturated rings. The van der Waals surface area contributed by atoms with Crippen LogP contribution in [0.5, 0.6) is 0 Å². The minimum atomic E-state index is -4.39. The van der Waals surface area contributed by atoms with Crippen LogP contribution in [0.15, 0.2) is 53.7 Å². The molecule has 0 bridgehead atoms. The fourth-order valence-electron chi connectivity index (χ4n) is 3.12. The summed E-state index contributed by atoms with van der Waals surface area (Å²) in [6.07, 6.45) is -3.96. The van der Waals surface area contributed by atoms with Gasteiger partial charge in [-0.25, -0.2) is 0 Å². The first-order valence-electron chi connectivity index (χ1n) is 9.19. The summed E-state index contributed by atoms with van der Waals surface area (Å²) in [6, 6.07) is 12.1. The van der Waals surface area contributed by atoms with Crippen molar-refractivity contribution >= 4 is 23.2 Å². The van der Waals surface area contributed by atoms with Crippen molar-refractivity contribution < 1.29 is 22.8 Å². The van der Waals surface area contributed by atoms with Crippen molar-refractivity contribution in [3.05, 3.63) is 70.2 Å². The number of carbonyl (C=O) groups is 1. The van der Waals surface area contributed by atoms with Gasteiger partial charge in [0.15, 0.2) is 6.10 Å². The molecule has 0 unspecified atom stereocenters.